The molecule has 0 aliphatic carbocycles. The van der Waals surface area contributed by atoms with Crippen molar-refractivity contribution in [2.24, 2.45) is 0 Å². The molecule has 24 heavy (non-hydrogen) atoms. The topological polar surface area (TPSA) is 75.5 Å². The first-order valence-electron chi connectivity index (χ1n) is 7.75. The monoisotopic (exact) mass is 322 g/mol. The number of hydrogen-bond acceptors (Lipinski definition) is 3. The predicted molar refractivity (Wildman–Crippen MR) is 90.7 cm³/mol. The zero-order valence-corrected chi connectivity index (χ0v) is 13.1. The predicted octanol–water partition coefficient (Wildman–Crippen LogP) is 1.42. The standard InChI is InChI=1S/C18H18N4O2/c23-17(12-20-18(24)14-6-2-1-3-7-14)19-10-9-15-13-22-11-5-4-8-16(22)21-15/h1-8,11,13H,9-10,12H2,(H,19,23)(H,20,24). The zero-order chi connectivity index (χ0) is 16.8. The third-order valence-corrected chi connectivity index (χ3v) is 3.56. The van der Waals surface area contributed by atoms with Gasteiger partial charge in [-0.05, 0) is 24.3 Å². The molecule has 0 fully saturated rings. The molecule has 0 saturated carbocycles. The van der Waals surface area contributed by atoms with Gasteiger partial charge in [0.1, 0.15) is 5.65 Å². The van der Waals surface area contributed by atoms with Crippen LogP contribution in [-0.4, -0.2) is 34.3 Å². The van der Waals surface area contributed by atoms with Crippen LogP contribution >= 0.6 is 0 Å². The normalized spacial score (nSPS) is 10.5. The summed E-state index contributed by atoms with van der Waals surface area (Å²) < 4.78 is 1.94. The van der Waals surface area contributed by atoms with Crippen molar-refractivity contribution in [3.63, 3.8) is 0 Å². The lowest BCUT2D eigenvalue weighted by atomic mass is 10.2. The highest BCUT2D eigenvalue weighted by atomic mass is 16.2. The SMILES string of the molecule is O=C(CNC(=O)c1ccccc1)NCCc1cn2ccccc2n1. The van der Waals surface area contributed by atoms with Gasteiger partial charge in [-0.2, -0.15) is 0 Å². The minimum atomic E-state index is -0.258. The number of carbonyl (C=O) groups excluding carboxylic acids is 2. The summed E-state index contributed by atoms with van der Waals surface area (Å²) in [5.41, 5.74) is 2.33. The highest BCUT2D eigenvalue weighted by Crippen LogP contribution is 2.04. The first-order valence-corrected chi connectivity index (χ1v) is 7.75. The Hall–Kier alpha value is -3.15. The van der Waals surface area contributed by atoms with E-state index >= 15 is 0 Å². The Morgan fingerprint density at radius 2 is 1.79 bits per heavy atom. The molecule has 0 aliphatic rings. The van der Waals surface area contributed by atoms with Crippen LogP contribution in [0.4, 0.5) is 0 Å². The van der Waals surface area contributed by atoms with Crippen LogP contribution in [0.3, 0.4) is 0 Å². The number of hydrogen-bond donors (Lipinski definition) is 2. The maximum Gasteiger partial charge on any atom is 0.251 e. The van der Waals surface area contributed by atoms with Crippen molar-refractivity contribution in [3.05, 3.63) is 72.2 Å². The average Bonchev–Trinajstić information content (AvgIpc) is 3.03. The lowest BCUT2D eigenvalue weighted by Crippen LogP contribution is -2.37. The molecule has 122 valence electrons. The summed E-state index contributed by atoms with van der Waals surface area (Å²) in [4.78, 5) is 28.1. The lowest BCUT2D eigenvalue weighted by Gasteiger charge is -2.06. The van der Waals surface area contributed by atoms with E-state index in [1.807, 2.05) is 41.1 Å². The van der Waals surface area contributed by atoms with E-state index in [9.17, 15) is 9.59 Å². The van der Waals surface area contributed by atoms with Crippen molar-refractivity contribution in [1.29, 1.82) is 0 Å². The van der Waals surface area contributed by atoms with Crippen LogP contribution in [0.15, 0.2) is 60.9 Å². The summed E-state index contributed by atoms with van der Waals surface area (Å²) in [5, 5.41) is 5.38. The van der Waals surface area contributed by atoms with E-state index in [1.165, 1.54) is 0 Å². The van der Waals surface area contributed by atoms with Crippen molar-refractivity contribution < 1.29 is 9.59 Å². The maximum absolute atomic E-state index is 11.8. The fourth-order valence-electron chi connectivity index (χ4n) is 2.35. The van der Waals surface area contributed by atoms with E-state index in [0.29, 0.717) is 18.5 Å². The Morgan fingerprint density at radius 1 is 1.00 bits per heavy atom. The third-order valence-electron chi connectivity index (χ3n) is 3.56. The van der Waals surface area contributed by atoms with Gasteiger partial charge in [0, 0.05) is 30.9 Å². The fourth-order valence-corrected chi connectivity index (χ4v) is 2.35. The molecule has 3 rings (SSSR count). The molecule has 2 N–H and O–H groups in total. The summed E-state index contributed by atoms with van der Waals surface area (Å²) in [6.45, 7) is 0.433. The number of amides is 2. The van der Waals surface area contributed by atoms with Crippen molar-refractivity contribution in [2.75, 3.05) is 13.1 Å². The molecular formula is C18H18N4O2. The smallest absolute Gasteiger partial charge is 0.251 e. The zero-order valence-electron chi connectivity index (χ0n) is 13.1. The lowest BCUT2D eigenvalue weighted by molar-refractivity contribution is -0.120. The number of carbonyl (C=O) groups is 2. The molecular weight excluding hydrogens is 304 g/mol. The Morgan fingerprint density at radius 3 is 2.58 bits per heavy atom. The number of nitrogens with zero attached hydrogens (tertiary/aromatic N) is 2. The van der Waals surface area contributed by atoms with E-state index in [2.05, 4.69) is 15.6 Å². The molecule has 0 unspecified atom stereocenters. The van der Waals surface area contributed by atoms with Crippen molar-refractivity contribution in [1.82, 2.24) is 20.0 Å². The van der Waals surface area contributed by atoms with Gasteiger partial charge in [0.05, 0.1) is 12.2 Å². The van der Waals surface area contributed by atoms with E-state index in [-0.39, 0.29) is 18.4 Å². The molecule has 0 aliphatic heterocycles. The quantitative estimate of drug-likeness (QED) is 0.721. The Labute approximate surface area is 139 Å². The third kappa shape index (κ3) is 3.98. The van der Waals surface area contributed by atoms with Crippen LogP contribution in [0, 0.1) is 0 Å². The van der Waals surface area contributed by atoms with Gasteiger partial charge in [-0.3, -0.25) is 9.59 Å². The number of aromatic nitrogens is 2. The van der Waals surface area contributed by atoms with E-state index in [0.717, 1.165) is 11.3 Å². The second-order valence-electron chi connectivity index (χ2n) is 5.35. The fraction of sp³-hybridized carbons (Fsp3) is 0.167. The number of pyridine rings is 1. The summed E-state index contributed by atoms with van der Waals surface area (Å²) >= 11 is 0. The van der Waals surface area contributed by atoms with E-state index < -0.39 is 0 Å². The van der Waals surface area contributed by atoms with Gasteiger partial charge in [0.15, 0.2) is 0 Å². The molecule has 0 atom stereocenters. The summed E-state index contributed by atoms with van der Waals surface area (Å²) in [7, 11) is 0. The Balaban J connectivity index is 1.42. The Bertz CT molecular complexity index is 809. The van der Waals surface area contributed by atoms with Crippen LogP contribution in [0.1, 0.15) is 16.1 Å². The molecule has 0 spiro atoms. The van der Waals surface area contributed by atoms with Crippen LogP contribution in [-0.2, 0) is 11.2 Å². The highest BCUT2D eigenvalue weighted by Gasteiger charge is 2.07. The highest BCUT2D eigenvalue weighted by molar-refractivity contribution is 5.96. The minimum absolute atomic E-state index is 0.0428. The van der Waals surface area contributed by atoms with Gasteiger partial charge in [-0.15, -0.1) is 0 Å². The summed E-state index contributed by atoms with van der Waals surface area (Å²) in [6, 6.07) is 14.6. The van der Waals surface area contributed by atoms with Crippen LogP contribution in [0.25, 0.3) is 5.65 Å². The maximum atomic E-state index is 11.8. The van der Waals surface area contributed by atoms with Crippen LogP contribution in [0.2, 0.25) is 0 Å². The van der Waals surface area contributed by atoms with Gasteiger partial charge in [-0.25, -0.2) is 4.98 Å². The van der Waals surface area contributed by atoms with Crippen LogP contribution < -0.4 is 10.6 Å². The van der Waals surface area contributed by atoms with E-state index in [4.69, 9.17) is 0 Å². The number of nitrogens with one attached hydrogen (secondary N) is 2. The van der Waals surface area contributed by atoms with Gasteiger partial charge in [0.25, 0.3) is 5.91 Å². The van der Waals surface area contributed by atoms with Gasteiger partial charge < -0.3 is 15.0 Å². The number of rotatable bonds is 6. The number of benzene rings is 1. The summed E-state index contributed by atoms with van der Waals surface area (Å²) in [6.07, 6.45) is 4.52. The van der Waals surface area contributed by atoms with Crippen LogP contribution in [0.5, 0.6) is 0 Å². The first-order chi connectivity index (χ1) is 11.7. The van der Waals surface area contributed by atoms with Crippen molar-refractivity contribution in [2.45, 2.75) is 6.42 Å². The first kappa shape index (κ1) is 15.7. The molecule has 2 amide bonds. The number of imidazole rings is 1. The average molecular weight is 322 g/mol. The van der Waals surface area contributed by atoms with Gasteiger partial charge in [0.2, 0.25) is 5.91 Å². The molecule has 2 heterocycles. The van der Waals surface area contributed by atoms with Gasteiger partial charge in [-0.1, -0.05) is 24.3 Å². The molecule has 6 heteroatoms. The largest absolute Gasteiger partial charge is 0.354 e. The van der Waals surface area contributed by atoms with E-state index in [1.54, 1.807) is 24.3 Å². The molecule has 3 aromatic rings. The molecule has 0 saturated heterocycles. The van der Waals surface area contributed by atoms with Gasteiger partial charge >= 0.3 is 0 Å². The second-order valence-corrected chi connectivity index (χ2v) is 5.35. The Kier molecular flexibility index (Phi) is 4.86. The number of fused-ring (bicyclic) bond motifs is 1. The summed E-state index contributed by atoms with van der Waals surface area (Å²) in [5.74, 6) is -0.478. The molecule has 6 nitrogen and oxygen atoms in total. The molecule has 0 bridgehead atoms. The molecule has 0 radical (unpaired) electrons. The van der Waals surface area contributed by atoms with Crippen molar-refractivity contribution in [3.8, 4) is 0 Å². The molecule has 2 aromatic heterocycles. The minimum Gasteiger partial charge on any atom is -0.354 e. The molecule has 1 aromatic carbocycles. The second kappa shape index (κ2) is 7.41. The van der Waals surface area contributed by atoms with Crippen molar-refractivity contribution >= 4 is 17.5 Å².